The third-order valence-corrected chi connectivity index (χ3v) is 3.68. The van der Waals surface area contributed by atoms with Crippen molar-refractivity contribution < 1.29 is 4.39 Å². The average molecular weight is 305 g/mol. The molecule has 0 aliphatic heterocycles. The van der Waals surface area contributed by atoms with E-state index in [0.29, 0.717) is 20.6 Å². The van der Waals surface area contributed by atoms with E-state index in [-0.39, 0.29) is 5.56 Å². The van der Waals surface area contributed by atoms with E-state index in [9.17, 15) is 4.39 Å². The molecule has 0 saturated heterocycles. The highest BCUT2D eigenvalue weighted by Gasteiger charge is 2.17. The van der Waals surface area contributed by atoms with Gasteiger partial charge in [-0.3, -0.25) is 0 Å². The first-order valence-electron chi connectivity index (χ1n) is 5.15. The van der Waals surface area contributed by atoms with Crippen molar-refractivity contribution in [1.82, 2.24) is 0 Å². The summed E-state index contributed by atoms with van der Waals surface area (Å²) in [6.45, 7) is 0. The van der Waals surface area contributed by atoms with Crippen molar-refractivity contribution in [2.24, 2.45) is 5.73 Å². The van der Waals surface area contributed by atoms with E-state index >= 15 is 0 Å². The highest BCUT2D eigenvalue weighted by molar-refractivity contribution is 6.42. The van der Waals surface area contributed by atoms with E-state index in [2.05, 4.69) is 0 Å². The lowest BCUT2D eigenvalue weighted by Gasteiger charge is -2.16. The van der Waals surface area contributed by atoms with Crippen LogP contribution in [0.15, 0.2) is 36.4 Å². The lowest BCUT2D eigenvalue weighted by molar-refractivity contribution is 0.600. The van der Waals surface area contributed by atoms with Crippen LogP contribution in [-0.2, 0) is 0 Å². The molecule has 94 valence electrons. The summed E-state index contributed by atoms with van der Waals surface area (Å²) in [5, 5.41) is 1.12. The zero-order valence-electron chi connectivity index (χ0n) is 9.13. The maximum Gasteiger partial charge on any atom is 0.128 e. The van der Waals surface area contributed by atoms with E-state index in [1.165, 1.54) is 18.2 Å². The summed E-state index contributed by atoms with van der Waals surface area (Å²) in [7, 11) is 0. The average Bonchev–Trinajstić information content (AvgIpc) is 2.35. The smallest absolute Gasteiger partial charge is 0.128 e. The molecule has 18 heavy (non-hydrogen) atoms. The van der Waals surface area contributed by atoms with Crippen molar-refractivity contribution in [3.8, 4) is 0 Å². The maximum atomic E-state index is 13.7. The highest BCUT2D eigenvalue weighted by Crippen LogP contribution is 2.33. The van der Waals surface area contributed by atoms with Gasteiger partial charge in [-0.05, 0) is 29.8 Å². The Labute approximate surface area is 119 Å². The summed E-state index contributed by atoms with van der Waals surface area (Å²) in [5.41, 5.74) is 6.86. The van der Waals surface area contributed by atoms with Crippen molar-refractivity contribution in [2.45, 2.75) is 6.04 Å². The molecule has 0 heterocycles. The van der Waals surface area contributed by atoms with E-state index in [1.54, 1.807) is 18.2 Å². The molecule has 0 fully saturated rings. The minimum absolute atomic E-state index is 0.284. The van der Waals surface area contributed by atoms with Crippen LogP contribution in [0.2, 0.25) is 15.1 Å². The Balaban J connectivity index is 2.51. The molecule has 5 heteroatoms. The van der Waals surface area contributed by atoms with Crippen LogP contribution in [0.1, 0.15) is 17.2 Å². The number of hydrogen-bond acceptors (Lipinski definition) is 1. The van der Waals surface area contributed by atoms with Crippen LogP contribution in [0.5, 0.6) is 0 Å². The Morgan fingerprint density at radius 1 is 1.00 bits per heavy atom. The standard InChI is InChI=1S/C13H9Cl3FN/c14-7-4-5-11(17)9(6-7)13(18)8-2-1-3-10(15)12(8)16/h1-6,13H,18H2. The largest absolute Gasteiger partial charge is 0.320 e. The fraction of sp³-hybridized carbons (Fsp3) is 0.0769. The van der Waals surface area contributed by atoms with Gasteiger partial charge in [0.25, 0.3) is 0 Å². The van der Waals surface area contributed by atoms with Gasteiger partial charge in [0.05, 0.1) is 16.1 Å². The number of halogens is 4. The highest BCUT2D eigenvalue weighted by atomic mass is 35.5. The molecule has 2 rings (SSSR count). The van der Waals surface area contributed by atoms with Crippen molar-refractivity contribution in [3.05, 3.63) is 68.4 Å². The van der Waals surface area contributed by atoms with Gasteiger partial charge in [0.1, 0.15) is 5.82 Å². The molecule has 0 saturated carbocycles. The molecule has 0 aromatic heterocycles. The van der Waals surface area contributed by atoms with Crippen molar-refractivity contribution in [1.29, 1.82) is 0 Å². The summed E-state index contributed by atoms with van der Waals surface area (Å²) in [6, 6.07) is 8.58. The number of rotatable bonds is 2. The first-order valence-corrected chi connectivity index (χ1v) is 6.28. The van der Waals surface area contributed by atoms with E-state index in [0.717, 1.165) is 0 Å². The van der Waals surface area contributed by atoms with Gasteiger partial charge in [-0.2, -0.15) is 0 Å². The second-order valence-corrected chi connectivity index (χ2v) is 5.01. The van der Waals surface area contributed by atoms with Crippen LogP contribution in [0, 0.1) is 5.82 Å². The first kappa shape index (κ1) is 13.6. The molecule has 2 N–H and O–H groups in total. The Hall–Kier alpha value is -0.800. The zero-order chi connectivity index (χ0) is 13.3. The number of nitrogens with two attached hydrogens (primary N) is 1. The van der Waals surface area contributed by atoms with Gasteiger partial charge in [-0.15, -0.1) is 0 Å². The van der Waals surface area contributed by atoms with Crippen molar-refractivity contribution in [3.63, 3.8) is 0 Å². The summed E-state index contributed by atoms with van der Waals surface area (Å²) < 4.78 is 13.7. The predicted molar refractivity (Wildman–Crippen MR) is 73.9 cm³/mol. The molecular formula is C13H9Cl3FN. The second-order valence-electron chi connectivity index (χ2n) is 3.79. The topological polar surface area (TPSA) is 26.0 Å². The van der Waals surface area contributed by atoms with Crippen LogP contribution in [-0.4, -0.2) is 0 Å². The van der Waals surface area contributed by atoms with Gasteiger partial charge in [0.15, 0.2) is 0 Å². The molecule has 0 aliphatic carbocycles. The van der Waals surface area contributed by atoms with Crippen LogP contribution in [0.25, 0.3) is 0 Å². The summed E-state index contributed by atoms with van der Waals surface area (Å²) >= 11 is 17.8. The van der Waals surface area contributed by atoms with Crippen molar-refractivity contribution >= 4 is 34.8 Å². The fourth-order valence-electron chi connectivity index (χ4n) is 1.68. The lowest BCUT2D eigenvalue weighted by atomic mass is 9.99. The Kier molecular flexibility index (Phi) is 4.13. The molecule has 2 aromatic rings. The Morgan fingerprint density at radius 3 is 2.44 bits per heavy atom. The van der Waals surface area contributed by atoms with E-state index in [1.807, 2.05) is 0 Å². The third-order valence-electron chi connectivity index (χ3n) is 2.61. The van der Waals surface area contributed by atoms with Gasteiger partial charge in [-0.25, -0.2) is 4.39 Å². The minimum atomic E-state index is -0.713. The lowest BCUT2D eigenvalue weighted by Crippen LogP contribution is -2.14. The second kappa shape index (κ2) is 5.45. The molecule has 2 aromatic carbocycles. The summed E-state index contributed by atoms with van der Waals surface area (Å²) in [6.07, 6.45) is 0. The zero-order valence-corrected chi connectivity index (χ0v) is 11.4. The maximum absolute atomic E-state index is 13.7. The van der Waals surface area contributed by atoms with Gasteiger partial charge in [0.2, 0.25) is 0 Å². The first-order chi connectivity index (χ1) is 8.50. The molecule has 0 aliphatic rings. The molecule has 1 nitrogen and oxygen atoms in total. The van der Waals surface area contributed by atoms with Crippen molar-refractivity contribution in [2.75, 3.05) is 0 Å². The molecule has 0 bridgehead atoms. The van der Waals surface area contributed by atoms with E-state index < -0.39 is 11.9 Å². The van der Waals surface area contributed by atoms with Crippen LogP contribution >= 0.6 is 34.8 Å². The SMILES string of the molecule is NC(c1cc(Cl)ccc1F)c1cccc(Cl)c1Cl. The monoisotopic (exact) mass is 303 g/mol. The van der Waals surface area contributed by atoms with Gasteiger partial charge < -0.3 is 5.73 Å². The van der Waals surface area contributed by atoms with Gasteiger partial charge >= 0.3 is 0 Å². The van der Waals surface area contributed by atoms with Gasteiger partial charge in [-0.1, -0.05) is 46.9 Å². The third kappa shape index (κ3) is 2.62. The molecule has 0 spiro atoms. The quantitative estimate of drug-likeness (QED) is 0.844. The molecule has 1 unspecified atom stereocenters. The molecule has 0 amide bonds. The van der Waals surface area contributed by atoms with E-state index in [4.69, 9.17) is 40.5 Å². The van der Waals surface area contributed by atoms with Crippen LogP contribution < -0.4 is 5.73 Å². The summed E-state index contributed by atoms with van der Waals surface area (Å²) in [4.78, 5) is 0. The number of hydrogen-bond donors (Lipinski definition) is 1. The fourth-order valence-corrected chi connectivity index (χ4v) is 2.29. The molecule has 1 atom stereocenters. The summed E-state index contributed by atoms with van der Waals surface area (Å²) in [5.74, 6) is -0.428. The Bertz CT molecular complexity index is 584. The van der Waals surface area contributed by atoms with Crippen LogP contribution in [0.3, 0.4) is 0 Å². The molecular weight excluding hydrogens is 296 g/mol. The van der Waals surface area contributed by atoms with Gasteiger partial charge in [0, 0.05) is 10.6 Å². The van der Waals surface area contributed by atoms with Crippen LogP contribution in [0.4, 0.5) is 4.39 Å². The molecule has 0 radical (unpaired) electrons. The predicted octanol–water partition coefficient (Wildman–Crippen LogP) is 4.83. The normalized spacial score (nSPS) is 12.5. The number of benzene rings is 2. The Morgan fingerprint density at radius 2 is 1.72 bits per heavy atom. The minimum Gasteiger partial charge on any atom is -0.320 e.